The molecule has 1 aliphatic rings. The Morgan fingerprint density at radius 1 is 1.26 bits per heavy atom. The lowest BCUT2D eigenvalue weighted by molar-refractivity contribution is 0.102. The number of aromatic nitrogens is 1. The average molecular weight is 480 g/mol. The molecule has 2 aromatic carbocycles. The number of carbonyl (C=O) groups is 1. The normalized spacial score (nSPS) is 17.6. The van der Waals surface area contributed by atoms with Gasteiger partial charge in [0.2, 0.25) is 10.0 Å². The number of hydrogen-bond acceptors (Lipinski definition) is 6. The van der Waals surface area contributed by atoms with Crippen molar-refractivity contribution in [2.75, 3.05) is 25.5 Å². The molecular formula is C21H22ClN3O4S2. The fraction of sp³-hybridized carbons (Fsp3) is 0.333. The van der Waals surface area contributed by atoms with Crippen LogP contribution in [0.15, 0.2) is 41.3 Å². The van der Waals surface area contributed by atoms with Gasteiger partial charge in [0.25, 0.3) is 5.91 Å². The summed E-state index contributed by atoms with van der Waals surface area (Å²) in [5.74, 6) is 0.525. The highest BCUT2D eigenvalue weighted by molar-refractivity contribution is 7.89. The van der Waals surface area contributed by atoms with Crippen LogP contribution in [0.5, 0.6) is 5.75 Å². The average Bonchev–Trinajstić information content (AvgIpc) is 3.18. The maximum Gasteiger partial charge on any atom is 0.257 e. The number of anilines is 1. The number of nitrogens with one attached hydrogen (secondary N) is 1. The molecule has 0 spiro atoms. The van der Waals surface area contributed by atoms with Gasteiger partial charge in [-0.05, 0) is 55.2 Å². The molecule has 164 valence electrons. The molecule has 4 rings (SSSR count). The Morgan fingerprint density at radius 2 is 2.00 bits per heavy atom. The van der Waals surface area contributed by atoms with Gasteiger partial charge in [-0.2, -0.15) is 4.31 Å². The first-order valence-corrected chi connectivity index (χ1v) is 12.5. The maximum absolute atomic E-state index is 12.9. The highest BCUT2D eigenvalue weighted by Gasteiger charge is 2.28. The van der Waals surface area contributed by atoms with Gasteiger partial charge in [-0.3, -0.25) is 10.1 Å². The molecule has 0 radical (unpaired) electrons. The quantitative estimate of drug-likeness (QED) is 0.576. The molecule has 1 aliphatic heterocycles. The summed E-state index contributed by atoms with van der Waals surface area (Å²) < 4.78 is 33.3. The molecule has 1 N–H and O–H groups in total. The van der Waals surface area contributed by atoms with E-state index in [9.17, 15) is 13.2 Å². The topological polar surface area (TPSA) is 88.6 Å². The Labute approximate surface area is 190 Å². The summed E-state index contributed by atoms with van der Waals surface area (Å²) in [6.07, 6.45) is 1.89. The molecule has 1 amide bonds. The van der Waals surface area contributed by atoms with E-state index in [4.69, 9.17) is 16.3 Å². The van der Waals surface area contributed by atoms with Crippen LogP contribution in [0.2, 0.25) is 5.02 Å². The van der Waals surface area contributed by atoms with E-state index in [1.807, 2.05) is 0 Å². The van der Waals surface area contributed by atoms with Gasteiger partial charge in [0.1, 0.15) is 11.3 Å². The van der Waals surface area contributed by atoms with Gasteiger partial charge in [0.15, 0.2) is 5.13 Å². The Kier molecular flexibility index (Phi) is 6.20. The first kappa shape index (κ1) is 22.0. The number of ether oxygens (including phenoxy) is 1. The summed E-state index contributed by atoms with van der Waals surface area (Å²) in [6, 6.07) is 9.41. The number of piperidine rings is 1. The van der Waals surface area contributed by atoms with Gasteiger partial charge in [0, 0.05) is 18.7 Å². The molecule has 1 unspecified atom stereocenters. The van der Waals surface area contributed by atoms with E-state index in [0.29, 0.717) is 50.7 Å². The Bertz CT molecular complexity index is 1230. The molecule has 31 heavy (non-hydrogen) atoms. The molecule has 0 aliphatic carbocycles. The zero-order chi connectivity index (χ0) is 22.2. The van der Waals surface area contributed by atoms with E-state index < -0.39 is 10.0 Å². The van der Waals surface area contributed by atoms with Crippen molar-refractivity contribution >= 4 is 54.2 Å². The summed E-state index contributed by atoms with van der Waals surface area (Å²) in [6.45, 7) is 3.10. The summed E-state index contributed by atoms with van der Waals surface area (Å²) in [5.41, 5.74) is 0.913. The lowest BCUT2D eigenvalue weighted by atomic mass is 10.0. The Morgan fingerprint density at radius 3 is 2.68 bits per heavy atom. The first-order chi connectivity index (χ1) is 14.8. The number of nitrogens with zero attached hydrogens (tertiary/aromatic N) is 2. The minimum atomic E-state index is -3.56. The van der Waals surface area contributed by atoms with Crippen LogP contribution in [-0.2, 0) is 10.0 Å². The van der Waals surface area contributed by atoms with Crippen LogP contribution in [0.4, 0.5) is 5.13 Å². The van der Waals surface area contributed by atoms with Crippen LogP contribution in [0.3, 0.4) is 0 Å². The van der Waals surface area contributed by atoms with Gasteiger partial charge in [0.05, 0.1) is 21.7 Å². The number of amides is 1. The zero-order valence-corrected chi connectivity index (χ0v) is 19.5. The van der Waals surface area contributed by atoms with Crippen molar-refractivity contribution in [2.45, 2.75) is 24.7 Å². The molecule has 1 fully saturated rings. The van der Waals surface area contributed by atoms with Crippen LogP contribution in [-0.4, -0.2) is 43.8 Å². The van der Waals surface area contributed by atoms with Crippen LogP contribution in [0.25, 0.3) is 10.2 Å². The smallest absolute Gasteiger partial charge is 0.257 e. The molecule has 7 nitrogen and oxygen atoms in total. The minimum Gasteiger partial charge on any atom is -0.494 e. The van der Waals surface area contributed by atoms with Crippen molar-refractivity contribution in [1.82, 2.24) is 9.29 Å². The van der Waals surface area contributed by atoms with Crippen LogP contribution < -0.4 is 10.1 Å². The van der Waals surface area contributed by atoms with E-state index in [0.717, 1.165) is 12.8 Å². The predicted octanol–water partition coefficient (Wildman–Crippen LogP) is 4.63. The SMILES string of the molecule is COc1ccc(Cl)c2sc(NC(=O)c3ccc(S(=O)(=O)N4CCCC(C)C4)cc3)nc12. The maximum atomic E-state index is 12.9. The van der Waals surface area contributed by atoms with E-state index in [2.05, 4.69) is 17.2 Å². The van der Waals surface area contributed by atoms with Crippen molar-refractivity contribution in [3.05, 3.63) is 47.0 Å². The lowest BCUT2D eigenvalue weighted by Crippen LogP contribution is -2.39. The zero-order valence-electron chi connectivity index (χ0n) is 17.1. The van der Waals surface area contributed by atoms with E-state index in [-0.39, 0.29) is 10.8 Å². The van der Waals surface area contributed by atoms with Gasteiger partial charge in [-0.15, -0.1) is 0 Å². The molecule has 1 atom stereocenters. The monoisotopic (exact) mass is 479 g/mol. The second-order valence-corrected chi connectivity index (χ2v) is 10.9. The summed E-state index contributed by atoms with van der Waals surface area (Å²) >= 11 is 7.47. The fourth-order valence-electron chi connectivity index (χ4n) is 3.63. The Hall–Kier alpha value is -2.20. The summed E-state index contributed by atoms with van der Waals surface area (Å²) in [4.78, 5) is 17.3. The largest absolute Gasteiger partial charge is 0.494 e. The first-order valence-electron chi connectivity index (χ1n) is 9.84. The molecular weight excluding hydrogens is 458 g/mol. The van der Waals surface area contributed by atoms with Gasteiger partial charge in [-0.1, -0.05) is 29.9 Å². The number of fused-ring (bicyclic) bond motifs is 1. The standard InChI is InChI=1S/C21H22ClN3O4S2/c1-13-4-3-11-25(12-13)31(27,28)15-7-5-14(6-8-15)20(26)24-21-23-18-17(29-2)10-9-16(22)19(18)30-21/h5-10,13H,3-4,11-12H2,1-2H3,(H,23,24,26). The predicted molar refractivity (Wildman–Crippen MR) is 123 cm³/mol. The minimum absolute atomic E-state index is 0.189. The Balaban J connectivity index is 1.52. The van der Waals surface area contributed by atoms with Gasteiger partial charge in [-0.25, -0.2) is 13.4 Å². The highest BCUT2D eigenvalue weighted by atomic mass is 35.5. The number of carbonyl (C=O) groups excluding carboxylic acids is 1. The number of rotatable bonds is 5. The molecule has 1 saturated heterocycles. The number of benzene rings is 2. The molecule has 1 aromatic heterocycles. The number of sulfonamides is 1. The van der Waals surface area contributed by atoms with Crippen LogP contribution in [0.1, 0.15) is 30.1 Å². The van der Waals surface area contributed by atoms with E-state index in [1.165, 1.54) is 39.9 Å². The number of halogens is 1. The van der Waals surface area contributed by atoms with Crippen LogP contribution in [0, 0.1) is 5.92 Å². The van der Waals surface area contributed by atoms with Crippen molar-refractivity contribution in [3.63, 3.8) is 0 Å². The second kappa shape index (κ2) is 8.74. The number of thiazole rings is 1. The van der Waals surface area contributed by atoms with Gasteiger partial charge < -0.3 is 4.74 Å². The van der Waals surface area contributed by atoms with Crippen molar-refractivity contribution < 1.29 is 17.9 Å². The van der Waals surface area contributed by atoms with Crippen molar-refractivity contribution in [2.24, 2.45) is 5.92 Å². The molecule has 2 heterocycles. The second-order valence-electron chi connectivity index (χ2n) is 7.54. The summed E-state index contributed by atoms with van der Waals surface area (Å²) in [7, 11) is -2.02. The van der Waals surface area contributed by atoms with E-state index >= 15 is 0 Å². The fourth-order valence-corrected chi connectivity index (χ4v) is 6.38. The number of hydrogen-bond donors (Lipinski definition) is 1. The van der Waals surface area contributed by atoms with Crippen molar-refractivity contribution in [3.8, 4) is 5.75 Å². The molecule has 3 aromatic rings. The molecule has 0 saturated carbocycles. The number of methoxy groups -OCH3 is 1. The third kappa shape index (κ3) is 4.41. The molecule has 10 heteroatoms. The third-order valence-electron chi connectivity index (χ3n) is 5.27. The lowest BCUT2D eigenvalue weighted by Gasteiger charge is -2.30. The molecule has 0 bridgehead atoms. The van der Waals surface area contributed by atoms with E-state index in [1.54, 1.807) is 19.2 Å². The van der Waals surface area contributed by atoms with Crippen molar-refractivity contribution in [1.29, 1.82) is 0 Å². The highest BCUT2D eigenvalue weighted by Crippen LogP contribution is 2.37. The van der Waals surface area contributed by atoms with Gasteiger partial charge >= 0.3 is 0 Å². The van der Waals surface area contributed by atoms with Crippen LogP contribution >= 0.6 is 22.9 Å². The third-order valence-corrected chi connectivity index (χ3v) is 8.58. The summed E-state index contributed by atoms with van der Waals surface area (Å²) in [5, 5.41) is 3.65.